The van der Waals surface area contributed by atoms with Gasteiger partial charge in [-0.3, -0.25) is 0 Å². The molecule has 0 unspecified atom stereocenters. The van der Waals surface area contributed by atoms with E-state index in [0.717, 1.165) is 18.9 Å². The van der Waals surface area contributed by atoms with Crippen molar-refractivity contribution in [2.75, 3.05) is 0 Å². The Hall–Kier alpha value is -1.65. The molecule has 0 spiro atoms. The van der Waals surface area contributed by atoms with Crippen molar-refractivity contribution in [3.8, 4) is 5.75 Å². The fraction of sp³-hybridized carbons (Fsp3) is 0.364. The van der Waals surface area contributed by atoms with Crippen LogP contribution in [0.15, 0.2) is 18.2 Å². The predicted octanol–water partition coefficient (Wildman–Crippen LogP) is 2.86. The largest absolute Gasteiger partial charge is 0.478 e. The minimum Gasteiger partial charge on any atom is -0.478 e. The van der Waals surface area contributed by atoms with E-state index in [1.165, 1.54) is 6.07 Å². The summed E-state index contributed by atoms with van der Waals surface area (Å²) in [5.74, 6) is -0.935. The molecule has 0 atom stereocenters. The maximum absolute atomic E-state index is 12.1. The molecule has 86 valence electrons. The lowest BCUT2D eigenvalue weighted by molar-refractivity contribution is -0.0505. The van der Waals surface area contributed by atoms with Crippen molar-refractivity contribution >= 4 is 5.97 Å². The van der Waals surface area contributed by atoms with Gasteiger partial charge in [0.1, 0.15) is 5.75 Å². The van der Waals surface area contributed by atoms with Gasteiger partial charge in [-0.1, -0.05) is 6.07 Å². The summed E-state index contributed by atoms with van der Waals surface area (Å²) in [6.45, 7) is -2.93. The minimum atomic E-state index is -2.93. The Bertz CT molecular complexity index is 414. The molecule has 5 heteroatoms. The number of hydrogen-bond donors (Lipinski definition) is 1. The highest BCUT2D eigenvalue weighted by atomic mass is 19.3. The smallest absolute Gasteiger partial charge is 0.387 e. The zero-order valence-corrected chi connectivity index (χ0v) is 8.32. The Labute approximate surface area is 90.7 Å². The Morgan fingerprint density at radius 1 is 1.44 bits per heavy atom. The van der Waals surface area contributed by atoms with E-state index in [9.17, 15) is 13.6 Å². The molecule has 1 N–H and O–H groups in total. The van der Waals surface area contributed by atoms with Crippen LogP contribution in [0, 0.1) is 0 Å². The van der Waals surface area contributed by atoms with E-state index in [4.69, 9.17) is 5.11 Å². The van der Waals surface area contributed by atoms with E-state index < -0.39 is 12.6 Å². The molecule has 1 aromatic carbocycles. The van der Waals surface area contributed by atoms with Crippen LogP contribution in [0.5, 0.6) is 5.75 Å². The van der Waals surface area contributed by atoms with E-state index in [1.807, 2.05) is 0 Å². The lowest BCUT2D eigenvalue weighted by Crippen LogP contribution is -2.06. The van der Waals surface area contributed by atoms with Crippen LogP contribution in [0.2, 0.25) is 0 Å². The number of hydrogen-bond acceptors (Lipinski definition) is 2. The molecule has 0 radical (unpaired) electrons. The van der Waals surface area contributed by atoms with Crippen molar-refractivity contribution in [2.45, 2.75) is 25.4 Å². The van der Waals surface area contributed by atoms with Crippen molar-refractivity contribution < 1.29 is 23.4 Å². The molecule has 1 fully saturated rings. The molecule has 1 aliphatic rings. The summed E-state index contributed by atoms with van der Waals surface area (Å²) in [4.78, 5) is 10.7. The first-order valence-corrected chi connectivity index (χ1v) is 4.90. The number of halogens is 2. The third-order valence-electron chi connectivity index (χ3n) is 2.49. The van der Waals surface area contributed by atoms with Crippen LogP contribution < -0.4 is 4.74 Å². The number of carboxylic acids is 1. The van der Waals surface area contributed by atoms with Crippen molar-refractivity contribution in [3.63, 3.8) is 0 Å². The number of alkyl halides is 2. The fourth-order valence-electron chi connectivity index (χ4n) is 1.60. The summed E-state index contributed by atoms with van der Waals surface area (Å²) in [6, 6.07) is 4.12. The van der Waals surface area contributed by atoms with Gasteiger partial charge < -0.3 is 9.84 Å². The highest BCUT2D eigenvalue weighted by molar-refractivity contribution is 5.88. The lowest BCUT2D eigenvalue weighted by atomic mass is 10.1. The third kappa shape index (κ3) is 2.29. The van der Waals surface area contributed by atoms with Gasteiger partial charge in [0.25, 0.3) is 0 Å². The summed E-state index contributed by atoms with van der Waals surface area (Å²) in [7, 11) is 0. The Morgan fingerprint density at radius 2 is 2.12 bits per heavy atom. The first-order valence-electron chi connectivity index (χ1n) is 4.90. The maximum Gasteiger partial charge on any atom is 0.387 e. The van der Waals surface area contributed by atoms with Gasteiger partial charge in [-0.15, -0.1) is 0 Å². The second-order valence-electron chi connectivity index (χ2n) is 3.71. The van der Waals surface area contributed by atoms with E-state index in [1.54, 1.807) is 6.07 Å². The van der Waals surface area contributed by atoms with Gasteiger partial charge in [0.05, 0.1) is 5.56 Å². The second kappa shape index (κ2) is 4.08. The van der Waals surface area contributed by atoms with Gasteiger partial charge in [-0.05, 0) is 36.5 Å². The molecular formula is C11H10F2O3. The molecule has 0 saturated heterocycles. The highest BCUT2D eigenvalue weighted by Gasteiger charge is 2.28. The Balaban J connectivity index is 2.34. The summed E-state index contributed by atoms with van der Waals surface area (Å²) >= 11 is 0. The molecule has 0 aliphatic heterocycles. The lowest BCUT2D eigenvalue weighted by Gasteiger charge is -2.10. The summed E-state index contributed by atoms with van der Waals surface area (Å²) in [5, 5.41) is 8.75. The minimum absolute atomic E-state index is 0.0163. The third-order valence-corrected chi connectivity index (χ3v) is 2.49. The van der Waals surface area contributed by atoms with Crippen molar-refractivity contribution in [1.29, 1.82) is 0 Å². The second-order valence-corrected chi connectivity index (χ2v) is 3.71. The van der Waals surface area contributed by atoms with Crippen LogP contribution in [0.25, 0.3) is 0 Å². The van der Waals surface area contributed by atoms with Gasteiger partial charge in [0.15, 0.2) is 0 Å². The van der Waals surface area contributed by atoms with E-state index >= 15 is 0 Å². The zero-order chi connectivity index (χ0) is 11.7. The van der Waals surface area contributed by atoms with E-state index in [0.29, 0.717) is 5.56 Å². The fourth-order valence-corrected chi connectivity index (χ4v) is 1.60. The predicted molar refractivity (Wildman–Crippen MR) is 52.0 cm³/mol. The molecule has 16 heavy (non-hydrogen) atoms. The van der Waals surface area contributed by atoms with Crippen LogP contribution in [0.4, 0.5) is 8.78 Å². The number of aromatic carboxylic acids is 1. The molecule has 0 amide bonds. The average molecular weight is 228 g/mol. The SMILES string of the molecule is O=C(O)c1ccc(C2CC2)c(OC(F)F)c1. The molecule has 2 rings (SSSR count). The number of ether oxygens (including phenoxy) is 1. The van der Waals surface area contributed by atoms with Crippen LogP contribution in [-0.2, 0) is 0 Å². The first kappa shape index (κ1) is 10.9. The van der Waals surface area contributed by atoms with Crippen LogP contribution in [0.3, 0.4) is 0 Å². The summed E-state index contributed by atoms with van der Waals surface area (Å²) in [6.07, 6.45) is 1.87. The van der Waals surface area contributed by atoms with Crippen molar-refractivity contribution in [1.82, 2.24) is 0 Å². The normalized spacial score (nSPS) is 15.2. The average Bonchev–Trinajstić information content (AvgIpc) is 3.00. The Morgan fingerprint density at radius 3 is 2.62 bits per heavy atom. The van der Waals surface area contributed by atoms with Gasteiger partial charge in [-0.25, -0.2) is 4.79 Å². The molecule has 0 heterocycles. The summed E-state index contributed by atoms with van der Waals surface area (Å²) < 4.78 is 28.6. The van der Waals surface area contributed by atoms with Crippen molar-refractivity contribution in [3.05, 3.63) is 29.3 Å². The molecule has 3 nitrogen and oxygen atoms in total. The number of benzene rings is 1. The highest BCUT2D eigenvalue weighted by Crippen LogP contribution is 2.44. The summed E-state index contributed by atoms with van der Waals surface area (Å²) in [5.41, 5.74) is 0.630. The molecule has 1 saturated carbocycles. The zero-order valence-electron chi connectivity index (χ0n) is 8.32. The van der Waals surface area contributed by atoms with E-state index in [-0.39, 0.29) is 17.2 Å². The quantitative estimate of drug-likeness (QED) is 0.861. The van der Waals surface area contributed by atoms with Gasteiger partial charge in [-0.2, -0.15) is 8.78 Å². The topological polar surface area (TPSA) is 46.5 Å². The number of carbonyl (C=O) groups is 1. The standard InChI is InChI=1S/C11H10F2O3/c12-11(13)16-9-5-7(10(14)15)3-4-8(9)6-1-2-6/h3-6,11H,1-2H2,(H,14,15). The van der Waals surface area contributed by atoms with Gasteiger partial charge >= 0.3 is 12.6 Å². The number of rotatable bonds is 4. The Kier molecular flexibility index (Phi) is 2.77. The van der Waals surface area contributed by atoms with Crippen LogP contribution in [-0.4, -0.2) is 17.7 Å². The molecule has 0 aromatic heterocycles. The molecule has 0 bridgehead atoms. The van der Waals surface area contributed by atoms with Gasteiger partial charge in [0, 0.05) is 0 Å². The monoisotopic (exact) mass is 228 g/mol. The molecule has 1 aromatic rings. The van der Waals surface area contributed by atoms with Crippen LogP contribution in [0.1, 0.15) is 34.7 Å². The van der Waals surface area contributed by atoms with Crippen LogP contribution >= 0.6 is 0 Å². The number of carboxylic acid groups (broad SMARTS) is 1. The van der Waals surface area contributed by atoms with Gasteiger partial charge in [0.2, 0.25) is 0 Å². The van der Waals surface area contributed by atoms with Crippen molar-refractivity contribution in [2.24, 2.45) is 0 Å². The first-order chi connectivity index (χ1) is 7.58. The molecular weight excluding hydrogens is 218 g/mol. The maximum atomic E-state index is 12.1. The van der Waals surface area contributed by atoms with E-state index in [2.05, 4.69) is 4.74 Å². The molecule has 1 aliphatic carbocycles.